The zero-order valence-electron chi connectivity index (χ0n) is 11.8. The average Bonchev–Trinajstić information content (AvgIpc) is 2.87. The van der Waals surface area contributed by atoms with Crippen LogP contribution in [0, 0.1) is 0 Å². The Morgan fingerprint density at radius 2 is 2.15 bits per heavy atom. The number of thiazole rings is 1. The van der Waals surface area contributed by atoms with Crippen molar-refractivity contribution in [1.82, 2.24) is 19.9 Å². The summed E-state index contributed by atoms with van der Waals surface area (Å²) in [6.45, 7) is 6.44. The summed E-state index contributed by atoms with van der Waals surface area (Å²) < 4.78 is 5.24. The number of nitrogen functional groups attached to an aromatic ring is 1. The van der Waals surface area contributed by atoms with Gasteiger partial charge in [-0.2, -0.15) is 15.0 Å². The molecule has 20 heavy (non-hydrogen) atoms. The molecular weight excluding hydrogens is 276 g/mol. The Kier molecular flexibility index (Phi) is 4.67. The van der Waals surface area contributed by atoms with Crippen LogP contribution in [-0.2, 0) is 6.42 Å². The highest BCUT2D eigenvalue weighted by Gasteiger charge is 2.13. The number of anilines is 2. The summed E-state index contributed by atoms with van der Waals surface area (Å²) in [6.07, 6.45) is 2.88. The van der Waals surface area contributed by atoms with Crippen LogP contribution < -0.4 is 15.8 Å². The van der Waals surface area contributed by atoms with E-state index < -0.39 is 0 Å². The second-order valence-corrected chi connectivity index (χ2v) is 5.26. The van der Waals surface area contributed by atoms with E-state index in [1.807, 2.05) is 20.0 Å². The third-order valence-electron chi connectivity index (χ3n) is 2.54. The molecule has 3 N–H and O–H groups in total. The molecule has 0 aliphatic carbocycles. The van der Waals surface area contributed by atoms with Gasteiger partial charge in [0.05, 0.1) is 12.6 Å². The average molecular weight is 294 g/mol. The zero-order valence-corrected chi connectivity index (χ0v) is 12.6. The van der Waals surface area contributed by atoms with Crippen LogP contribution in [0.25, 0.3) is 0 Å². The molecule has 0 amide bonds. The maximum Gasteiger partial charge on any atom is 0.323 e. The van der Waals surface area contributed by atoms with Crippen molar-refractivity contribution < 1.29 is 4.74 Å². The van der Waals surface area contributed by atoms with Crippen LogP contribution in [0.3, 0.4) is 0 Å². The first-order chi connectivity index (χ1) is 9.62. The van der Waals surface area contributed by atoms with Crippen LogP contribution in [0.15, 0.2) is 6.20 Å². The standard InChI is InChI=1S/C12H18N6OS/c1-4-8-6-14-9(20-8)7(3)15-11-16-10(13)17-12(18-11)19-5-2/h6-7H,4-5H2,1-3H3,(H3,13,15,16,17,18). The van der Waals surface area contributed by atoms with Crippen molar-refractivity contribution >= 4 is 23.2 Å². The van der Waals surface area contributed by atoms with E-state index in [-0.39, 0.29) is 18.0 Å². The molecular formula is C12H18N6OS. The third kappa shape index (κ3) is 3.53. The van der Waals surface area contributed by atoms with Gasteiger partial charge in [-0.15, -0.1) is 11.3 Å². The zero-order chi connectivity index (χ0) is 14.5. The largest absolute Gasteiger partial charge is 0.464 e. The summed E-state index contributed by atoms with van der Waals surface area (Å²) in [6, 6.07) is 0.222. The van der Waals surface area contributed by atoms with E-state index in [1.54, 1.807) is 11.3 Å². The van der Waals surface area contributed by atoms with Crippen LogP contribution in [0.2, 0.25) is 0 Å². The van der Waals surface area contributed by atoms with Gasteiger partial charge < -0.3 is 15.8 Å². The lowest BCUT2D eigenvalue weighted by molar-refractivity contribution is 0.312. The summed E-state index contributed by atoms with van der Waals surface area (Å²) >= 11 is 1.67. The van der Waals surface area contributed by atoms with Crippen molar-refractivity contribution in [2.75, 3.05) is 17.7 Å². The number of nitrogens with two attached hydrogens (primary N) is 1. The SMILES string of the molecule is CCOc1nc(N)nc(NC(C)c2ncc(CC)s2)n1. The van der Waals surface area contributed by atoms with Crippen LogP contribution in [0.1, 0.15) is 36.7 Å². The molecule has 2 aromatic rings. The molecule has 2 heterocycles. The van der Waals surface area contributed by atoms with Crippen LogP contribution in [0.5, 0.6) is 6.01 Å². The van der Waals surface area contributed by atoms with Crippen molar-refractivity contribution in [2.45, 2.75) is 33.2 Å². The molecule has 0 radical (unpaired) electrons. The molecule has 0 fully saturated rings. The Labute approximate surface area is 121 Å². The Balaban J connectivity index is 2.12. The summed E-state index contributed by atoms with van der Waals surface area (Å²) in [5.41, 5.74) is 5.63. The molecule has 0 aromatic carbocycles. The lowest BCUT2D eigenvalue weighted by Crippen LogP contribution is -2.12. The van der Waals surface area contributed by atoms with Crippen molar-refractivity contribution in [1.29, 1.82) is 0 Å². The Morgan fingerprint density at radius 1 is 1.35 bits per heavy atom. The van der Waals surface area contributed by atoms with Crippen LogP contribution in [0.4, 0.5) is 11.9 Å². The van der Waals surface area contributed by atoms with E-state index in [1.165, 1.54) is 4.88 Å². The predicted octanol–water partition coefficient (Wildman–Crippen LogP) is 2.04. The van der Waals surface area contributed by atoms with Gasteiger partial charge in [-0.1, -0.05) is 6.92 Å². The highest BCUT2D eigenvalue weighted by molar-refractivity contribution is 7.11. The molecule has 0 saturated carbocycles. The molecule has 108 valence electrons. The lowest BCUT2D eigenvalue weighted by Gasteiger charge is -2.11. The van der Waals surface area contributed by atoms with Gasteiger partial charge in [0.2, 0.25) is 11.9 Å². The van der Waals surface area contributed by atoms with Gasteiger partial charge in [0.15, 0.2) is 0 Å². The maximum atomic E-state index is 5.63. The Morgan fingerprint density at radius 3 is 2.80 bits per heavy atom. The summed E-state index contributed by atoms with van der Waals surface area (Å²) in [7, 11) is 0. The van der Waals surface area contributed by atoms with Crippen molar-refractivity contribution in [3.63, 3.8) is 0 Å². The van der Waals surface area contributed by atoms with Crippen LogP contribution >= 0.6 is 11.3 Å². The number of ether oxygens (including phenoxy) is 1. The minimum absolute atomic E-state index is 0.00317. The quantitative estimate of drug-likeness (QED) is 0.841. The molecule has 0 saturated heterocycles. The highest BCUT2D eigenvalue weighted by atomic mass is 32.1. The number of hydrogen-bond acceptors (Lipinski definition) is 8. The summed E-state index contributed by atoms with van der Waals surface area (Å²) in [5.74, 6) is 0.522. The summed E-state index contributed by atoms with van der Waals surface area (Å²) in [5, 5.41) is 4.15. The normalized spacial score (nSPS) is 12.2. The second-order valence-electron chi connectivity index (χ2n) is 4.12. The molecule has 1 unspecified atom stereocenters. The van der Waals surface area contributed by atoms with Crippen LogP contribution in [-0.4, -0.2) is 26.5 Å². The van der Waals surface area contributed by atoms with E-state index in [0.29, 0.717) is 12.6 Å². The van der Waals surface area contributed by atoms with E-state index >= 15 is 0 Å². The molecule has 0 aliphatic heterocycles. The van der Waals surface area contributed by atoms with Gasteiger partial charge in [0.25, 0.3) is 0 Å². The fourth-order valence-corrected chi connectivity index (χ4v) is 2.43. The molecule has 0 aliphatic rings. The minimum Gasteiger partial charge on any atom is -0.464 e. The number of aromatic nitrogens is 4. The number of rotatable bonds is 6. The van der Waals surface area contributed by atoms with Crippen molar-refractivity contribution in [2.24, 2.45) is 0 Å². The van der Waals surface area contributed by atoms with Gasteiger partial charge in [-0.25, -0.2) is 4.98 Å². The van der Waals surface area contributed by atoms with E-state index in [4.69, 9.17) is 10.5 Å². The Hall–Kier alpha value is -1.96. The van der Waals surface area contributed by atoms with Gasteiger partial charge >= 0.3 is 6.01 Å². The lowest BCUT2D eigenvalue weighted by atomic mass is 10.3. The molecule has 0 spiro atoms. The van der Waals surface area contributed by atoms with E-state index in [9.17, 15) is 0 Å². The monoisotopic (exact) mass is 294 g/mol. The molecule has 7 nitrogen and oxygen atoms in total. The number of nitrogens with zero attached hydrogens (tertiary/aromatic N) is 4. The number of nitrogens with one attached hydrogen (secondary N) is 1. The van der Waals surface area contributed by atoms with E-state index in [2.05, 4.69) is 32.2 Å². The summed E-state index contributed by atoms with van der Waals surface area (Å²) in [4.78, 5) is 17.7. The molecule has 2 rings (SSSR count). The highest BCUT2D eigenvalue weighted by Crippen LogP contribution is 2.23. The van der Waals surface area contributed by atoms with Crippen molar-refractivity contribution in [3.05, 3.63) is 16.1 Å². The molecule has 8 heteroatoms. The first-order valence-corrected chi connectivity index (χ1v) is 7.29. The number of aryl methyl sites for hydroxylation is 1. The first kappa shape index (κ1) is 14.4. The van der Waals surface area contributed by atoms with Gasteiger partial charge in [0.1, 0.15) is 5.01 Å². The van der Waals surface area contributed by atoms with Gasteiger partial charge in [-0.05, 0) is 20.3 Å². The molecule has 2 aromatic heterocycles. The van der Waals surface area contributed by atoms with E-state index in [0.717, 1.165) is 11.4 Å². The smallest absolute Gasteiger partial charge is 0.323 e. The topological polar surface area (TPSA) is 98.8 Å². The van der Waals surface area contributed by atoms with Crippen molar-refractivity contribution in [3.8, 4) is 6.01 Å². The predicted molar refractivity (Wildman–Crippen MR) is 78.9 cm³/mol. The molecule has 1 atom stereocenters. The minimum atomic E-state index is -0.00317. The number of hydrogen-bond donors (Lipinski definition) is 2. The second kappa shape index (κ2) is 6.47. The first-order valence-electron chi connectivity index (χ1n) is 6.47. The maximum absolute atomic E-state index is 5.63. The van der Waals surface area contributed by atoms with Gasteiger partial charge in [-0.3, -0.25) is 0 Å². The fourth-order valence-electron chi connectivity index (χ4n) is 1.57. The fraction of sp³-hybridized carbons (Fsp3) is 0.500. The Bertz CT molecular complexity index is 573. The van der Waals surface area contributed by atoms with Gasteiger partial charge in [0, 0.05) is 11.1 Å². The third-order valence-corrected chi connectivity index (χ3v) is 3.87. The molecule has 0 bridgehead atoms.